The Hall–Kier alpha value is -3.44. The number of thiocarbonyl (C=S) groups is 1. The maximum Gasteiger partial charge on any atom is 0.344 e. The van der Waals surface area contributed by atoms with Crippen molar-refractivity contribution in [3.05, 3.63) is 64.3 Å². The van der Waals surface area contributed by atoms with Gasteiger partial charge in [0, 0.05) is 0 Å². The molecule has 0 radical (unpaired) electrons. The van der Waals surface area contributed by atoms with Gasteiger partial charge in [0.25, 0.3) is 11.8 Å². The average molecular weight is 491 g/mol. The highest BCUT2D eigenvalue weighted by molar-refractivity contribution is 8.26. The number of ether oxygens (including phenoxy) is 2. The van der Waals surface area contributed by atoms with Crippen molar-refractivity contribution in [2.45, 2.75) is 20.0 Å². The van der Waals surface area contributed by atoms with E-state index in [0.29, 0.717) is 17.9 Å². The van der Waals surface area contributed by atoms with Crippen LogP contribution in [-0.2, 0) is 9.59 Å². The third kappa shape index (κ3) is 5.68. The first-order valence-corrected chi connectivity index (χ1v) is 10.9. The normalized spacial score (nSPS) is 15.5. The number of benzene rings is 2. The molecule has 1 aliphatic heterocycles. The Morgan fingerprint density at radius 2 is 2.00 bits per heavy atom. The Kier molecular flexibility index (Phi) is 7.67. The number of halogens is 1. The van der Waals surface area contributed by atoms with E-state index in [1.807, 2.05) is 0 Å². The van der Waals surface area contributed by atoms with E-state index < -0.39 is 29.7 Å². The van der Waals surface area contributed by atoms with E-state index in [1.54, 1.807) is 25.1 Å². The molecule has 33 heavy (non-hydrogen) atoms. The summed E-state index contributed by atoms with van der Waals surface area (Å²) in [6, 6.07) is 10.1. The number of thioether (sulfide) groups is 1. The summed E-state index contributed by atoms with van der Waals surface area (Å²) in [5.74, 6) is -2.68. The molecule has 0 saturated carbocycles. The van der Waals surface area contributed by atoms with E-state index in [1.165, 1.54) is 31.2 Å². The number of rotatable bonds is 8. The van der Waals surface area contributed by atoms with Crippen LogP contribution in [0.2, 0.25) is 0 Å². The van der Waals surface area contributed by atoms with Crippen molar-refractivity contribution in [2.75, 3.05) is 6.61 Å². The van der Waals surface area contributed by atoms with Crippen LogP contribution >= 0.6 is 24.0 Å². The van der Waals surface area contributed by atoms with Gasteiger partial charge in [-0.15, -0.1) is 0 Å². The van der Waals surface area contributed by atoms with Crippen LogP contribution in [0.5, 0.6) is 11.5 Å². The van der Waals surface area contributed by atoms with E-state index in [0.717, 1.165) is 22.8 Å². The zero-order chi connectivity index (χ0) is 24.1. The van der Waals surface area contributed by atoms with Crippen molar-refractivity contribution in [2.24, 2.45) is 0 Å². The molecule has 8 nitrogen and oxygen atoms in total. The van der Waals surface area contributed by atoms with Gasteiger partial charge in [-0.1, -0.05) is 30.0 Å². The third-order valence-electron chi connectivity index (χ3n) is 4.34. The molecule has 0 spiro atoms. The monoisotopic (exact) mass is 490 g/mol. The largest absolute Gasteiger partial charge is 0.490 e. The molecule has 1 saturated heterocycles. The summed E-state index contributed by atoms with van der Waals surface area (Å²) >= 11 is 6.16. The van der Waals surface area contributed by atoms with Crippen molar-refractivity contribution in [1.82, 2.24) is 10.4 Å². The summed E-state index contributed by atoms with van der Waals surface area (Å²) < 4.78 is 24.9. The number of aliphatic carboxylic acids is 1. The van der Waals surface area contributed by atoms with Crippen LogP contribution in [0.3, 0.4) is 0 Å². The quantitative estimate of drug-likeness (QED) is 0.427. The van der Waals surface area contributed by atoms with Crippen LogP contribution in [0.1, 0.15) is 29.8 Å². The Labute approximate surface area is 198 Å². The summed E-state index contributed by atoms with van der Waals surface area (Å²) in [4.78, 5) is 36.4. The predicted molar refractivity (Wildman–Crippen MR) is 124 cm³/mol. The number of nitrogens with zero attached hydrogens (tertiary/aromatic N) is 1. The molecule has 1 aliphatic rings. The molecule has 11 heteroatoms. The molecule has 2 N–H and O–H groups in total. The fourth-order valence-corrected chi connectivity index (χ4v) is 3.92. The lowest BCUT2D eigenvalue weighted by Crippen LogP contribution is -2.45. The molecule has 0 bridgehead atoms. The number of carboxylic acid groups (broad SMARTS) is 1. The molecule has 3 rings (SSSR count). The predicted octanol–water partition coefficient (Wildman–Crippen LogP) is 3.62. The van der Waals surface area contributed by atoms with Crippen LogP contribution in [0.25, 0.3) is 6.08 Å². The van der Waals surface area contributed by atoms with Gasteiger partial charge in [-0.05, 0) is 62.0 Å². The summed E-state index contributed by atoms with van der Waals surface area (Å²) in [6.07, 6.45) is 0.464. The minimum Gasteiger partial charge on any atom is -0.490 e. The molecule has 0 aliphatic carbocycles. The van der Waals surface area contributed by atoms with Crippen LogP contribution in [0, 0.1) is 5.82 Å². The summed E-state index contributed by atoms with van der Waals surface area (Å²) in [6.45, 7) is 3.47. The molecular formula is C22H19FN2O6S2. The van der Waals surface area contributed by atoms with Crippen molar-refractivity contribution >= 4 is 52.2 Å². The molecule has 2 amide bonds. The van der Waals surface area contributed by atoms with Gasteiger partial charge < -0.3 is 14.6 Å². The molecular weight excluding hydrogens is 471 g/mol. The first-order chi connectivity index (χ1) is 15.7. The van der Waals surface area contributed by atoms with Gasteiger partial charge in [0.05, 0.1) is 17.1 Å². The standard InChI is InChI=1S/C22H19FN2O6S2/c1-3-30-17-10-13(8-9-16(17)31-12(2)21(28)29)11-18-20(27)25(22(32)33-18)24-19(26)14-6-4-5-7-15(14)23/h4-12H,3H2,1-2H3,(H,24,26)(H,28,29)/b18-11+. The van der Waals surface area contributed by atoms with Gasteiger partial charge in [0.1, 0.15) is 5.82 Å². The first-order valence-electron chi connectivity index (χ1n) is 9.71. The number of hydrogen-bond donors (Lipinski definition) is 2. The number of carbonyl (C=O) groups is 3. The number of amides is 2. The molecule has 2 aromatic carbocycles. The van der Waals surface area contributed by atoms with Gasteiger partial charge in [-0.25, -0.2) is 9.18 Å². The summed E-state index contributed by atoms with van der Waals surface area (Å²) in [5, 5.41) is 9.94. The zero-order valence-corrected chi connectivity index (χ0v) is 19.2. The lowest BCUT2D eigenvalue weighted by molar-refractivity contribution is -0.144. The van der Waals surface area contributed by atoms with Gasteiger partial charge in [-0.2, -0.15) is 5.01 Å². The molecule has 1 heterocycles. The Morgan fingerprint density at radius 3 is 2.67 bits per heavy atom. The Balaban J connectivity index is 1.80. The van der Waals surface area contributed by atoms with E-state index in [-0.39, 0.29) is 20.5 Å². The van der Waals surface area contributed by atoms with Crippen molar-refractivity contribution in [3.63, 3.8) is 0 Å². The van der Waals surface area contributed by atoms with Crippen molar-refractivity contribution in [1.29, 1.82) is 0 Å². The number of carboxylic acids is 1. The van der Waals surface area contributed by atoms with E-state index in [9.17, 15) is 18.8 Å². The highest BCUT2D eigenvalue weighted by Gasteiger charge is 2.34. The van der Waals surface area contributed by atoms with E-state index in [4.69, 9.17) is 26.8 Å². The van der Waals surface area contributed by atoms with Crippen LogP contribution < -0.4 is 14.9 Å². The number of carbonyl (C=O) groups excluding carboxylic acids is 2. The molecule has 1 atom stereocenters. The maximum absolute atomic E-state index is 13.9. The summed E-state index contributed by atoms with van der Waals surface area (Å²) in [7, 11) is 0. The van der Waals surface area contributed by atoms with E-state index in [2.05, 4.69) is 5.43 Å². The Morgan fingerprint density at radius 1 is 1.27 bits per heavy atom. The molecule has 1 fully saturated rings. The smallest absolute Gasteiger partial charge is 0.344 e. The highest BCUT2D eigenvalue weighted by atomic mass is 32.2. The molecule has 0 aromatic heterocycles. The number of nitrogens with one attached hydrogen (secondary N) is 1. The minimum atomic E-state index is -1.12. The second-order valence-electron chi connectivity index (χ2n) is 6.68. The lowest BCUT2D eigenvalue weighted by Gasteiger charge is -2.16. The molecule has 172 valence electrons. The second kappa shape index (κ2) is 10.5. The van der Waals surface area contributed by atoms with Crippen molar-refractivity contribution < 1.29 is 33.4 Å². The van der Waals surface area contributed by atoms with Crippen molar-refractivity contribution in [3.8, 4) is 11.5 Å². The Bertz CT molecular complexity index is 1150. The van der Waals surface area contributed by atoms with Gasteiger partial charge in [-0.3, -0.25) is 15.0 Å². The van der Waals surface area contributed by atoms with Gasteiger partial charge in [0.15, 0.2) is 21.9 Å². The van der Waals surface area contributed by atoms with Crippen LogP contribution in [-0.4, -0.2) is 44.9 Å². The number of hydrazine groups is 1. The third-order valence-corrected chi connectivity index (χ3v) is 5.64. The minimum absolute atomic E-state index is 0.0798. The molecule has 2 aromatic rings. The van der Waals surface area contributed by atoms with E-state index >= 15 is 0 Å². The average Bonchev–Trinajstić information content (AvgIpc) is 3.03. The fourth-order valence-electron chi connectivity index (χ4n) is 2.74. The summed E-state index contributed by atoms with van der Waals surface area (Å²) in [5.41, 5.74) is 2.67. The second-order valence-corrected chi connectivity index (χ2v) is 8.35. The highest BCUT2D eigenvalue weighted by Crippen LogP contribution is 2.34. The van der Waals surface area contributed by atoms with Gasteiger partial charge >= 0.3 is 5.97 Å². The van der Waals surface area contributed by atoms with Gasteiger partial charge in [0.2, 0.25) is 0 Å². The molecule has 1 unspecified atom stereocenters. The van der Waals surface area contributed by atoms with Crippen LogP contribution in [0.15, 0.2) is 47.4 Å². The fraction of sp³-hybridized carbons (Fsp3) is 0.182. The first kappa shape index (κ1) is 24.2. The maximum atomic E-state index is 13.9. The SMILES string of the molecule is CCOc1cc(/C=C2/SC(=S)N(NC(=O)c3ccccc3F)C2=O)ccc1OC(C)C(=O)O. The number of hydrogen-bond acceptors (Lipinski definition) is 7. The topological polar surface area (TPSA) is 105 Å². The van der Waals surface area contributed by atoms with Crippen LogP contribution in [0.4, 0.5) is 4.39 Å². The lowest BCUT2D eigenvalue weighted by atomic mass is 10.2. The zero-order valence-electron chi connectivity index (χ0n) is 17.5.